The molecule has 2 unspecified atom stereocenters. The Morgan fingerprint density at radius 2 is 1.80 bits per heavy atom. The topological polar surface area (TPSA) is 31.2 Å². The smallest absolute Gasteiger partial charge is 0.392 e. The number of halogens is 4. The summed E-state index contributed by atoms with van der Waals surface area (Å²) >= 11 is 1.65. The molecule has 0 spiro atoms. The zero-order valence-electron chi connectivity index (χ0n) is 18.7. The molecule has 0 aliphatic heterocycles. The molecule has 5 rings (SSSR count). The maximum Gasteiger partial charge on any atom is 0.392 e. The van der Waals surface area contributed by atoms with Crippen LogP contribution in [0.4, 0.5) is 17.6 Å². The molecular formula is C27H21F4NO2S. The highest BCUT2D eigenvalue weighted by Crippen LogP contribution is 2.57. The number of hydrogen-bond donors (Lipinski definition) is 0. The molecule has 1 heterocycles. The van der Waals surface area contributed by atoms with Crippen molar-refractivity contribution in [3.8, 4) is 11.4 Å². The van der Waals surface area contributed by atoms with E-state index in [2.05, 4.69) is 12.1 Å². The lowest BCUT2D eigenvalue weighted by atomic mass is 10.1. The summed E-state index contributed by atoms with van der Waals surface area (Å²) in [4.78, 5) is 13.9. The van der Waals surface area contributed by atoms with Gasteiger partial charge in [-0.15, -0.1) is 11.8 Å². The van der Waals surface area contributed by atoms with Gasteiger partial charge < -0.3 is 4.74 Å². The Kier molecular flexibility index (Phi) is 6.09. The molecular weight excluding hydrogens is 478 g/mol. The Bertz CT molecular complexity index is 1450. The van der Waals surface area contributed by atoms with Crippen LogP contribution in [0.2, 0.25) is 0 Å². The van der Waals surface area contributed by atoms with Gasteiger partial charge in [-0.1, -0.05) is 30.3 Å². The highest BCUT2D eigenvalue weighted by molar-refractivity contribution is 7.98. The second kappa shape index (κ2) is 9.07. The molecule has 0 saturated heterocycles. The van der Waals surface area contributed by atoms with Gasteiger partial charge in [0, 0.05) is 22.8 Å². The third-order valence-electron chi connectivity index (χ3n) is 6.26. The molecule has 8 heteroatoms. The van der Waals surface area contributed by atoms with Gasteiger partial charge in [0.2, 0.25) is 0 Å². The largest absolute Gasteiger partial charge is 0.495 e. The maximum atomic E-state index is 15.0. The van der Waals surface area contributed by atoms with Crippen LogP contribution >= 0.6 is 11.8 Å². The van der Waals surface area contributed by atoms with E-state index < -0.39 is 29.4 Å². The van der Waals surface area contributed by atoms with Gasteiger partial charge in [0.25, 0.3) is 5.56 Å². The second-order valence-electron chi connectivity index (χ2n) is 8.54. The average molecular weight is 500 g/mol. The molecule has 0 amide bonds. The molecule has 1 fully saturated rings. The SMILES string of the molecule is COc1cc(C2CC2C(F)(F)F)c(F)cc1-n1c(=O)ccc2cc(SCc3ccccc3)ccc21. The summed E-state index contributed by atoms with van der Waals surface area (Å²) in [6, 6.07) is 21.1. The fraction of sp³-hybridized carbons (Fsp3) is 0.222. The number of benzene rings is 3. The van der Waals surface area contributed by atoms with E-state index in [0.717, 1.165) is 22.1 Å². The van der Waals surface area contributed by atoms with Crippen molar-refractivity contribution in [1.29, 1.82) is 0 Å². The lowest BCUT2D eigenvalue weighted by molar-refractivity contribution is -0.148. The van der Waals surface area contributed by atoms with Crippen LogP contribution in [0.3, 0.4) is 0 Å². The van der Waals surface area contributed by atoms with Gasteiger partial charge in [-0.3, -0.25) is 9.36 Å². The van der Waals surface area contributed by atoms with Crippen molar-refractivity contribution in [2.75, 3.05) is 7.11 Å². The van der Waals surface area contributed by atoms with Crippen LogP contribution in [0, 0.1) is 11.7 Å². The molecule has 1 aromatic heterocycles. The van der Waals surface area contributed by atoms with E-state index in [9.17, 15) is 18.0 Å². The highest BCUT2D eigenvalue weighted by Gasteiger charge is 2.57. The molecule has 1 saturated carbocycles. The number of hydrogen-bond acceptors (Lipinski definition) is 3. The third-order valence-corrected chi connectivity index (χ3v) is 7.33. The van der Waals surface area contributed by atoms with Crippen LogP contribution in [0.15, 0.2) is 82.5 Å². The molecule has 0 radical (unpaired) electrons. The van der Waals surface area contributed by atoms with Crippen molar-refractivity contribution in [1.82, 2.24) is 4.57 Å². The first-order valence-corrected chi connectivity index (χ1v) is 12.0. The van der Waals surface area contributed by atoms with Crippen molar-refractivity contribution >= 4 is 22.7 Å². The number of methoxy groups -OCH3 is 1. The predicted molar refractivity (Wildman–Crippen MR) is 129 cm³/mol. The van der Waals surface area contributed by atoms with Crippen molar-refractivity contribution < 1.29 is 22.3 Å². The quantitative estimate of drug-likeness (QED) is 0.210. The minimum absolute atomic E-state index is 0.0409. The molecule has 1 aliphatic carbocycles. The number of fused-ring (bicyclic) bond motifs is 1. The fourth-order valence-corrected chi connectivity index (χ4v) is 5.29. The van der Waals surface area contributed by atoms with Crippen molar-refractivity contribution in [2.24, 2.45) is 5.92 Å². The minimum Gasteiger partial charge on any atom is -0.495 e. The van der Waals surface area contributed by atoms with Gasteiger partial charge >= 0.3 is 6.18 Å². The van der Waals surface area contributed by atoms with Gasteiger partial charge in [-0.25, -0.2) is 4.39 Å². The first-order valence-electron chi connectivity index (χ1n) is 11.0. The minimum atomic E-state index is -4.37. The van der Waals surface area contributed by atoms with E-state index in [1.54, 1.807) is 23.9 Å². The standard InChI is InChI=1S/C27H21F4NO2S/c1-34-25-13-20(19-12-21(19)27(29,30)31)22(28)14-24(25)32-23-9-8-18(11-17(23)7-10-26(32)33)35-15-16-5-3-2-4-6-16/h2-11,13-14,19,21H,12,15H2,1H3. The number of pyridine rings is 1. The summed E-state index contributed by atoms with van der Waals surface area (Å²) in [5.41, 5.74) is 1.45. The highest BCUT2D eigenvalue weighted by atomic mass is 32.2. The zero-order chi connectivity index (χ0) is 24.7. The number of ether oxygens (including phenoxy) is 1. The van der Waals surface area contributed by atoms with Crippen LogP contribution in [0.1, 0.15) is 23.5 Å². The number of alkyl halides is 3. The summed E-state index contributed by atoms with van der Waals surface area (Å²) in [7, 11) is 1.35. The monoisotopic (exact) mass is 499 g/mol. The van der Waals surface area contributed by atoms with Crippen LogP contribution in [-0.2, 0) is 5.75 Å². The van der Waals surface area contributed by atoms with Crippen molar-refractivity contribution in [3.05, 3.63) is 100 Å². The molecule has 180 valence electrons. The Morgan fingerprint density at radius 1 is 1.03 bits per heavy atom. The molecule has 3 nitrogen and oxygen atoms in total. The number of nitrogens with zero attached hydrogens (tertiary/aromatic N) is 1. The number of rotatable bonds is 6. The zero-order valence-corrected chi connectivity index (χ0v) is 19.5. The lowest BCUT2D eigenvalue weighted by Crippen LogP contribution is -2.18. The van der Waals surface area contributed by atoms with E-state index >= 15 is 4.39 Å². The molecule has 35 heavy (non-hydrogen) atoms. The van der Waals surface area contributed by atoms with Crippen molar-refractivity contribution in [2.45, 2.75) is 29.2 Å². The van der Waals surface area contributed by atoms with Gasteiger partial charge in [-0.05, 0) is 59.2 Å². The normalized spacial score (nSPS) is 17.5. The van der Waals surface area contributed by atoms with E-state index in [1.807, 2.05) is 30.3 Å². The summed E-state index contributed by atoms with van der Waals surface area (Å²) in [5, 5.41) is 0.772. The van der Waals surface area contributed by atoms with Crippen LogP contribution < -0.4 is 10.3 Å². The summed E-state index contributed by atoms with van der Waals surface area (Å²) in [6.07, 6.45) is -4.52. The summed E-state index contributed by atoms with van der Waals surface area (Å²) in [6.45, 7) is 0. The Morgan fingerprint density at radius 3 is 2.49 bits per heavy atom. The molecule has 2 atom stereocenters. The molecule has 1 aliphatic rings. The van der Waals surface area contributed by atoms with Crippen LogP contribution in [0.5, 0.6) is 5.75 Å². The Labute approximate surface area is 203 Å². The van der Waals surface area contributed by atoms with Gasteiger partial charge in [0.15, 0.2) is 0 Å². The van der Waals surface area contributed by atoms with E-state index in [-0.39, 0.29) is 23.4 Å². The fourth-order valence-electron chi connectivity index (χ4n) is 4.38. The maximum absolute atomic E-state index is 15.0. The van der Waals surface area contributed by atoms with Crippen LogP contribution in [0.25, 0.3) is 16.6 Å². The van der Waals surface area contributed by atoms with E-state index in [4.69, 9.17) is 4.74 Å². The molecule has 0 bridgehead atoms. The first kappa shape index (κ1) is 23.5. The molecule has 4 aromatic rings. The summed E-state index contributed by atoms with van der Waals surface area (Å²) in [5.74, 6) is -2.35. The Hall–Kier alpha value is -3.26. The predicted octanol–water partition coefficient (Wildman–Crippen LogP) is 7.10. The number of aromatic nitrogens is 1. The van der Waals surface area contributed by atoms with Gasteiger partial charge in [0.05, 0.1) is 24.2 Å². The first-order chi connectivity index (χ1) is 16.8. The van der Waals surface area contributed by atoms with Gasteiger partial charge in [-0.2, -0.15) is 13.2 Å². The average Bonchev–Trinajstić information content (AvgIpc) is 3.65. The lowest BCUT2D eigenvalue weighted by Gasteiger charge is -2.16. The van der Waals surface area contributed by atoms with Crippen molar-refractivity contribution in [3.63, 3.8) is 0 Å². The van der Waals surface area contributed by atoms with Gasteiger partial charge in [0.1, 0.15) is 11.6 Å². The summed E-state index contributed by atoms with van der Waals surface area (Å²) < 4.78 is 60.9. The Balaban J connectivity index is 1.52. The van der Waals surface area contributed by atoms with E-state index in [1.165, 1.54) is 29.4 Å². The van der Waals surface area contributed by atoms with Crippen LogP contribution in [-0.4, -0.2) is 17.9 Å². The van der Waals surface area contributed by atoms with E-state index in [0.29, 0.717) is 5.52 Å². The molecule has 3 aromatic carbocycles. The third kappa shape index (κ3) is 4.67. The molecule has 0 N–H and O–H groups in total. The number of thioether (sulfide) groups is 1. The second-order valence-corrected chi connectivity index (χ2v) is 9.59.